The van der Waals surface area contributed by atoms with Crippen molar-refractivity contribution in [1.29, 1.82) is 0 Å². The number of hydrogen-bond acceptors (Lipinski definition) is 6. The Kier molecular flexibility index (Phi) is 74.9. The van der Waals surface area contributed by atoms with Crippen molar-refractivity contribution in [3.63, 3.8) is 0 Å². The first kappa shape index (κ1) is 64.6. The third-order valence-electron chi connectivity index (χ3n) is 2.23. The van der Waals surface area contributed by atoms with Crippen molar-refractivity contribution in [1.82, 2.24) is 0 Å². The minimum Gasteiger partial charge on any atom is -2.00 e. The normalized spacial score (nSPS) is 8.11. The first-order chi connectivity index (χ1) is 13.9. The van der Waals surface area contributed by atoms with Crippen LogP contribution in [0.1, 0.15) is 0 Å². The number of aromatic hydroxyl groups is 2. The molecule has 0 spiro atoms. The van der Waals surface area contributed by atoms with E-state index in [0.29, 0.717) is 11.5 Å². The number of hydrogen-bond donors (Lipinski definition) is 6. The van der Waals surface area contributed by atoms with Gasteiger partial charge in [-0.15, -0.1) is 13.2 Å². The molecule has 2 aromatic rings. The van der Waals surface area contributed by atoms with Crippen LogP contribution in [0, 0.1) is 0 Å². The fourth-order valence-electron chi connectivity index (χ4n) is 1.16. The Balaban J connectivity index is -0.0000000380. The van der Waals surface area contributed by atoms with Crippen molar-refractivity contribution < 1.29 is 48.0 Å². The maximum atomic E-state index is 9.81. The summed E-state index contributed by atoms with van der Waals surface area (Å²) < 4.78 is 27.5. The van der Waals surface area contributed by atoms with Gasteiger partial charge in [0.2, 0.25) is 0 Å². The molecule has 0 saturated heterocycles. The van der Waals surface area contributed by atoms with E-state index >= 15 is 0 Å². The summed E-state index contributed by atoms with van der Waals surface area (Å²) in [6.07, 6.45) is 2.53. The smallest absolute Gasteiger partial charge is 2.00 e. The summed E-state index contributed by atoms with van der Waals surface area (Å²) in [6.45, 7) is 6.15. The molecule has 0 aromatic heterocycles. The number of phenols is 2. The molecule has 0 heterocycles. The summed E-state index contributed by atoms with van der Waals surface area (Å²) in [4.78, 5) is 32.0. The van der Waals surface area contributed by atoms with Crippen LogP contribution in [0.25, 0.3) is 0 Å². The zero-order valence-electron chi connectivity index (χ0n) is 20.3. The van der Waals surface area contributed by atoms with Crippen molar-refractivity contribution in [3.8, 4) is 11.5 Å². The number of para-hydroxylation sites is 2. The number of phosphoric acid groups is 2. The predicted octanol–water partition coefficient (Wildman–Crippen LogP) is 1.44. The minimum absolute atomic E-state index is 0. The summed E-state index contributed by atoms with van der Waals surface area (Å²) in [7, 11) is -8.51. The fraction of sp³-hybridized carbons (Fsp3) is 0.111. The molecular weight excluding hydrogens is 703 g/mol. The van der Waals surface area contributed by atoms with Crippen molar-refractivity contribution in [3.05, 3.63) is 86.0 Å². The van der Waals surface area contributed by atoms with Crippen LogP contribution in [0.15, 0.2) is 86.0 Å². The van der Waals surface area contributed by atoms with Gasteiger partial charge in [-0.1, -0.05) is 48.6 Å². The van der Waals surface area contributed by atoms with Crippen LogP contribution in [0.3, 0.4) is 0 Å². The van der Waals surface area contributed by atoms with Crippen LogP contribution < -0.4 is 0 Å². The van der Waals surface area contributed by atoms with E-state index in [-0.39, 0.29) is 229 Å². The van der Waals surface area contributed by atoms with Crippen molar-refractivity contribution in [2.75, 3.05) is 13.2 Å². The van der Waals surface area contributed by atoms with E-state index in [1.165, 1.54) is 12.2 Å². The largest absolute Gasteiger partial charge is 2.00 e. The third kappa shape index (κ3) is 64.7. The van der Waals surface area contributed by atoms with Gasteiger partial charge in [-0.3, -0.25) is 9.05 Å². The number of phosphoric ester groups is 2. The molecule has 0 radical (unpaired) electrons. The quantitative estimate of drug-likeness (QED) is 0.145. The van der Waals surface area contributed by atoms with Gasteiger partial charge in [-0.25, -0.2) is 9.13 Å². The number of benzene rings is 2. The van der Waals surface area contributed by atoms with Crippen LogP contribution in [0.4, 0.5) is 0 Å². The molecule has 0 aliphatic carbocycles. The van der Waals surface area contributed by atoms with Crippen LogP contribution in [-0.4, -0.2) is 232 Å². The Labute approximate surface area is 381 Å². The molecule has 0 atom stereocenters. The number of rotatable bonds is 6. The molecule has 0 aliphatic rings. The zero-order valence-corrected chi connectivity index (χ0v) is 34.8. The van der Waals surface area contributed by atoms with E-state index in [1.54, 1.807) is 48.5 Å². The third-order valence-corrected chi connectivity index (χ3v) is 3.20. The van der Waals surface area contributed by atoms with Crippen LogP contribution in [0.5, 0.6) is 11.5 Å². The second-order valence-electron chi connectivity index (χ2n) is 4.82. The first-order valence-corrected chi connectivity index (χ1v) is 11.1. The molecule has 0 aliphatic heterocycles. The average molecular weight is 729 g/mol. The molecule has 0 fully saturated rings. The van der Waals surface area contributed by atoms with Gasteiger partial charge in [-0.2, -0.15) is 0 Å². The second kappa shape index (κ2) is 42.9. The Morgan fingerprint density at radius 3 is 0.892 bits per heavy atom. The molecule has 0 amide bonds. The summed E-state index contributed by atoms with van der Waals surface area (Å²) >= 11 is 0. The van der Waals surface area contributed by atoms with Crippen LogP contribution >= 0.6 is 15.6 Å². The van der Waals surface area contributed by atoms with E-state index in [2.05, 4.69) is 22.2 Å². The minimum atomic E-state index is -4.25. The Morgan fingerprint density at radius 1 is 0.595 bits per heavy atom. The van der Waals surface area contributed by atoms with Crippen molar-refractivity contribution >= 4 is 231 Å². The predicted molar refractivity (Wildman–Crippen MR) is 156 cm³/mol. The van der Waals surface area contributed by atoms with Gasteiger partial charge in [0, 0.05) is 0 Å². The molecule has 2 rings (SSSR count). The van der Waals surface area contributed by atoms with Gasteiger partial charge in [0.05, 0.1) is 13.2 Å². The summed E-state index contributed by atoms with van der Waals surface area (Å²) in [6, 6.07) is 17.4. The molecule has 6 N–H and O–H groups in total. The van der Waals surface area contributed by atoms with Gasteiger partial charge < -0.3 is 56.8 Å². The van der Waals surface area contributed by atoms with Gasteiger partial charge in [0.25, 0.3) is 0 Å². The average Bonchev–Trinajstić information content (AvgIpc) is 2.66. The molecule has 19 heteroatoms. The zero-order chi connectivity index (χ0) is 23.5. The van der Waals surface area contributed by atoms with Gasteiger partial charge in [0.1, 0.15) is 11.5 Å². The monoisotopic (exact) mass is 728 g/mol. The van der Waals surface area contributed by atoms with E-state index in [1.807, 2.05) is 12.1 Å². The van der Waals surface area contributed by atoms with E-state index in [9.17, 15) is 9.13 Å². The molecule has 0 bridgehead atoms. The molecule has 37 heavy (non-hydrogen) atoms. The molecule has 0 saturated carbocycles. The standard InChI is InChI=1S/2C6H6O.2C3H7O4P.5Ca.2S/c2*7-6-4-2-1-3-5-6;2*1-2-3-7-8(4,5)6;;;;;;;/h2*1-5,7H;2*2H,1,3H2,(H2,4,5,6);;;;;;;/q;;;;5*+2;2*-2. The molecule has 184 valence electrons. The topological polar surface area (TPSA) is 174 Å². The second-order valence-corrected chi connectivity index (χ2v) is 7.30. The summed E-state index contributed by atoms with van der Waals surface area (Å²) in [5.74, 6) is 0.644. The SMILES string of the molecule is C=CCOP(=O)(O)O.C=CCOP(=O)(O)O.Oc1ccccc1.Oc1ccccc1.[Ca+2].[Ca+2].[Ca+2].[Ca+2].[Ca+2].[S-2].[S-2]. The molecule has 2 aromatic carbocycles. The summed E-state index contributed by atoms with van der Waals surface area (Å²) in [5, 5.41) is 17.3. The Hall–Kier alpha value is 4.74. The first-order valence-electron chi connectivity index (χ1n) is 8.01. The Bertz CT molecular complexity index is 737. The number of phenolic OH excluding ortho intramolecular Hbond substituents is 2. The fourth-order valence-corrected chi connectivity index (χ4v) is 1.75. The van der Waals surface area contributed by atoms with E-state index < -0.39 is 15.6 Å². The van der Waals surface area contributed by atoms with Gasteiger partial charge in [-0.05, 0) is 24.3 Å². The van der Waals surface area contributed by atoms with Crippen molar-refractivity contribution in [2.45, 2.75) is 0 Å². The van der Waals surface area contributed by atoms with Crippen LogP contribution in [-0.2, 0) is 45.2 Å². The van der Waals surface area contributed by atoms with Gasteiger partial charge in [0.15, 0.2) is 0 Å². The Morgan fingerprint density at radius 2 is 0.811 bits per heavy atom. The summed E-state index contributed by atoms with van der Waals surface area (Å²) in [5.41, 5.74) is 0. The van der Waals surface area contributed by atoms with Crippen molar-refractivity contribution in [2.24, 2.45) is 0 Å². The van der Waals surface area contributed by atoms with E-state index in [0.717, 1.165) is 0 Å². The molecule has 10 nitrogen and oxygen atoms in total. The van der Waals surface area contributed by atoms with Gasteiger partial charge >= 0.3 is 204 Å². The maximum Gasteiger partial charge on any atom is 2.00 e. The maximum absolute atomic E-state index is 9.81. The molecule has 0 unspecified atom stereocenters. The van der Waals surface area contributed by atoms with E-state index in [4.69, 9.17) is 29.8 Å². The van der Waals surface area contributed by atoms with Crippen LogP contribution in [0.2, 0.25) is 0 Å². The molecular formula is C18H26Ca5O10P2S2+6.